The zero-order chi connectivity index (χ0) is 37.0. The Balaban J connectivity index is 0.00000464. The van der Waals surface area contributed by atoms with Crippen molar-refractivity contribution < 1.29 is 43.6 Å². The maximum atomic E-state index is 17.7. The van der Waals surface area contributed by atoms with E-state index in [0.717, 1.165) is 6.07 Å². The molecule has 1 aromatic heterocycles. The fourth-order valence-corrected chi connectivity index (χ4v) is 10.9. The molecule has 5 N–H and O–H groups in total. The number of hydrogen-bond donors (Lipinski definition) is 5. The number of carbonyl (C=O) groups excluding carboxylic acids is 2. The zero-order valence-corrected chi connectivity index (χ0v) is 30.4. The van der Waals surface area contributed by atoms with E-state index in [-0.39, 0.29) is 60.6 Å². The minimum absolute atomic E-state index is 0. The number of fused-ring (bicyclic) bond motifs is 6. The number of aromatic carboxylic acids is 1. The molecule has 0 radical (unpaired) electrons. The predicted octanol–water partition coefficient (Wildman–Crippen LogP) is 3.64. The fourth-order valence-electron chi connectivity index (χ4n) is 10.9. The van der Waals surface area contributed by atoms with E-state index >= 15 is 8.78 Å². The van der Waals surface area contributed by atoms with Gasteiger partial charge in [0.1, 0.15) is 17.0 Å². The van der Waals surface area contributed by atoms with Crippen molar-refractivity contribution in [3.8, 4) is 0 Å². The van der Waals surface area contributed by atoms with Crippen LogP contribution in [0.2, 0.25) is 0 Å². The van der Waals surface area contributed by atoms with Gasteiger partial charge in [0, 0.05) is 54.9 Å². The number of nitrogens with one attached hydrogen (secondary N) is 1. The number of piperazine rings is 1. The number of carboxylic acid groups (broad SMARTS) is 1. The van der Waals surface area contributed by atoms with Crippen LogP contribution >= 0.6 is 12.4 Å². The van der Waals surface area contributed by atoms with E-state index in [1.165, 1.54) is 28.9 Å². The summed E-state index contributed by atoms with van der Waals surface area (Å²) in [6, 6.07) is 2.41. The molecule has 1 aliphatic heterocycles. The molecule has 0 amide bonds. The summed E-state index contributed by atoms with van der Waals surface area (Å²) in [5, 5.41) is 49.7. The summed E-state index contributed by atoms with van der Waals surface area (Å²) in [7, 11) is 0. The number of carboxylic acids is 1. The van der Waals surface area contributed by atoms with Crippen molar-refractivity contribution in [1.29, 1.82) is 0 Å². The van der Waals surface area contributed by atoms with E-state index in [0.29, 0.717) is 38.2 Å². The number of aryl methyl sites for hydroxylation is 1. The minimum atomic E-state index is -2.37. The van der Waals surface area contributed by atoms with E-state index in [1.807, 2.05) is 0 Å². The lowest BCUT2D eigenvalue weighted by Crippen LogP contribution is -2.69. The first kappa shape index (κ1) is 38.2. The molecule has 0 spiro atoms. The summed E-state index contributed by atoms with van der Waals surface area (Å²) in [6.45, 7) is 8.63. The van der Waals surface area contributed by atoms with Gasteiger partial charge >= 0.3 is 5.97 Å². The molecule has 3 saturated carbocycles. The Morgan fingerprint density at radius 1 is 1.13 bits per heavy atom. The van der Waals surface area contributed by atoms with Crippen LogP contribution in [0.3, 0.4) is 0 Å². The van der Waals surface area contributed by atoms with Crippen molar-refractivity contribution in [2.45, 2.75) is 83.4 Å². The molecule has 282 valence electrons. The molecule has 52 heavy (non-hydrogen) atoms. The average molecular weight is 746 g/mol. The number of ketones is 2. The molecule has 2 unspecified atom stereocenters. The van der Waals surface area contributed by atoms with Crippen LogP contribution in [0, 0.1) is 34.4 Å². The zero-order valence-electron chi connectivity index (χ0n) is 29.6. The van der Waals surface area contributed by atoms with Crippen molar-refractivity contribution in [2.75, 3.05) is 31.1 Å². The minimum Gasteiger partial charge on any atom is -0.477 e. The lowest BCUT2D eigenvalue weighted by atomic mass is 9.44. The summed E-state index contributed by atoms with van der Waals surface area (Å²) in [5.74, 6) is -6.18. The van der Waals surface area contributed by atoms with Crippen molar-refractivity contribution in [3.05, 3.63) is 63.2 Å². The van der Waals surface area contributed by atoms with Crippen molar-refractivity contribution in [1.82, 2.24) is 9.88 Å². The second kappa shape index (κ2) is 12.8. The largest absolute Gasteiger partial charge is 0.477 e. The molecule has 14 heteroatoms. The summed E-state index contributed by atoms with van der Waals surface area (Å²) in [5.41, 5.74) is -9.01. The Morgan fingerprint density at radius 2 is 1.81 bits per heavy atom. The molecule has 7 rings (SSSR count). The first-order valence-corrected chi connectivity index (χ1v) is 17.8. The maximum Gasteiger partial charge on any atom is 0.341 e. The number of benzene rings is 1. The Bertz CT molecular complexity index is 2000. The predicted molar refractivity (Wildman–Crippen MR) is 191 cm³/mol. The second-order valence-corrected chi connectivity index (χ2v) is 15.6. The number of aliphatic hydroxyl groups excluding tert-OH is 2. The molecular weight excluding hydrogens is 700 g/mol. The Morgan fingerprint density at radius 3 is 2.44 bits per heavy atom. The Labute approximate surface area is 305 Å². The molecule has 4 aliphatic carbocycles. The van der Waals surface area contributed by atoms with E-state index in [4.69, 9.17) is 0 Å². The number of anilines is 1. The van der Waals surface area contributed by atoms with E-state index in [9.17, 15) is 39.6 Å². The van der Waals surface area contributed by atoms with Gasteiger partial charge in [-0.05, 0) is 75.7 Å². The number of allylic oxidation sites excluding steroid dienone is 4. The van der Waals surface area contributed by atoms with Gasteiger partial charge in [0.25, 0.3) is 0 Å². The summed E-state index contributed by atoms with van der Waals surface area (Å²) in [6.07, 6.45) is 0.704. The molecule has 4 fully saturated rings. The van der Waals surface area contributed by atoms with Gasteiger partial charge in [-0.25, -0.2) is 13.6 Å². The fraction of sp³-hybridized carbons (Fsp3) is 0.579. The van der Waals surface area contributed by atoms with Crippen molar-refractivity contribution >= 4 is 46.5 Å². The monoisotopic (exact) mass is 745 g/mol. The molecule has 9 atom stereocenters. The molecule has 1 aromatic carbocycles. The van der Waals surface area contributed by atoms with Gasteiger partial charge in [0.05, 0.1) is 23.0 Å². The Hall–Kier alpha value is -3.49. The highest BCUT2D eigenvalue weighted by Crippen LogP contribution is 2.71. The van der Waals surface area contributed by atoms with Crippen LogP contribution in [-0.2, 0) is 16.1 Å². The van der Waals surface area contributed by atoms with Crippen LogP contribution < -0.4 is 15.6 Å². The highest BCUT2D eigenvalue weighted by molar-refractivity contribution is 6.01. The smallest absolute Gasteiger partial charge is 0.341 e. The molecule has 5 aliphatic rings. The molecule has 1 saturated heterocycles. The van der Waals surface area contributed by atoms with Gasteiger partial charge < -0.3 is 35.2 Å². The van der Waals surface area contributed by atoms with Crippen LogP contribution in [0.4, 0.5) is 14.5 Å². The van der Waals surface area contributed by atoms with Crippen molar-refractivity contribution in [3.63, 3.8) is 0 Å². The Kier molecular flexibility index (Phi) is 9.43. The molecule has 0 bridgehead atoms. The number of Topliss-reactive ketones (excluding diaryl/α,β-unsaturated/α-hetero) is 1. The number of pyridine rings is 1. The van der Waals surface area contributed by atoms with E-state index in [2.05, 4.69) is 5.32 Å². The normalized spacial score (nSPS) is 36.0. The SMILES string of the molecule is CCn1c(C(O)C(=O)[C@@]2(O)[C@H](C)C[C@H]3[C@@H]4CCC5=CC(=O)C=C[C@]5(C)C4(F)[C@@H](O)C[C@@]32C)c(C(=O)O)c(=O)c2cc(F)c(N3CCNCC3)cc21.Cl. The van der Waals surface area contributed by atoms with Gasteiger partial charge in [-0.3, -0.25) is 14.4 Å². The molecule has 11 nitrogen and oxygen atoms in total. The highest BCUT2D eigenvalue weighted by atomic mass is 35.5. The van der Waals surface area contributed by atoms with Crippen LogP contribution in [0.15, 0.2) is 40.7 Å². The van der Waals surface area contributed by atoms with Crippen LogP contribution in [0.25, 0.3) is 10.9 Å². The number of hydrogen-bond acceptors (Lipinski definition) is 9. The lowest BCUT2D eigenvalue weighted by Gasteiger charge is -2.62. The number of halogens is 3. The average Bonchev–Trinajstić information content (AvgIpc) is 3.29. The van der Waals surface area contributed by atoms with Crippen LogP contribution in [-0.4, -0.2) is 86.1 Å². The topological polar surface area (TPSA) is 169 Å². The third-order valence-corrected chi connectivity index (χ3v) is 13.5. The third kappa shape index (κ3) is 4.88. The van der Waals surface area contributed by atoms with Gasteiger partial charge in [0.15, 0.2) is 23.3 Å². The first-order chi connectivity index (χ1) is 24.0. The highest BCUT2D eigenvalue weighted by Gasteiger charge is 2.76. The maximum absolute atomic E-state index is 17.7. The second-order valence-electron chi connectivity index (χ2n) is 15.6. The summed E-state index contributed by atoms with van der Waals surface area (Å²) in [4.78, 5) is 55.3. The quantitative estimate of drug-likeness (QED) is 0.295. The van der Waals surface area contributed by atoms with Gasteiger partial charge in [-0.2, -0.15) is 0 Å². The number of nitrogens with zero attached hydrogens (tertiary/aromatic N) is 2. The number of carbonyl (C=O) groups is 3. The summed E-state index contributed by atoms with van der Waals surface area (Å²) < 4.78 is 34.5. The van der Waals surface area contributed by atoms with Crippen LogP contribution in [0.5, 0.6) is 0 Å². The number of rotatable bonds is 6. The molecule has 2 heterocycles. The van der Waals surface area contributed by atoms with Crippen molar-refractivity contribution in [2.24, 2.45) is 28.6 Å². The molecular formula is C38H46ClF2N3O8. The van der Waals surface area contributed by atoms with E-state index in [1.54, 1.807) is 32.6 Å². The number of aromatic nitrogens is 1. The van der Waals surface area contributed by atoms with Gasteiger partial charge in [0.2, 0.25) is 5.43 Å². The first-order valence-electron chi connectivity index (χ1n) is 17.8. The summed E-state index contributed by atoms with van der Waals surface area (Å²) >= 11 is 0. The standard InChI is InChI=1S/C38H45F2N3O8.ClH/c1-5-43-26-17-27(42-12-10-41-11-13-42)25(39)16-22(26)31(46)29(34(49)50)30(43)32(47)33(48)38(51)19(2)14-24-23-7-6-20-15-21(44)8-9-35(20,3)37(23,40)28(45)18-36(24,38)4;/h8-9,15-17,19,23-24,28,32,41,45,47,51H,5-7,10-14,18H2,1-4H3,(H,49,50);1H/t19-,23+,24+,28+,32?,35+,36+,37?,38+;/m1./s1. The number of alkyl halides is 1. The van der Waals surface area contributed by atoms with Gasteiger partial charge in [-0.1, -0.05) is 25.5 Å². The van der Waals surface area contributed by atoms with E-state index < -0.39 is 86.3 Å². The third-order valence-electron chi connectivity index (χ3n) is 13.5. The number of aliphatic hydroxyl groups is 3. The lowest BCUT2D eigenvalue weighted by molar-refractivity contribution is -0.221. The molecule has 2 aromatic rings. The van der Waals surface area contributed by atoms with Crippen LogP contribution in [0.1, 0.15) is 75.5 Å². The van der Waals surface area contributed by atoms with Gasteiger partial charge in [-0.15, -0.1) is 12.4 Å².